The molecule has 1 unspecified atom stereocenters. The van der Waals surface area contributed by atoms with Crippen LogP contribution >= 0.6 is 0 Å². The Balaban J connectivity index is 1.70. The van der Waals surface area contributed by atoms with E-state index in [1.54, 1.807) is 0 Å². The average molecular weight is 262 g/mol. The maximum absolute atomic E-state index is 5.69. The number of hydrogen-bond donors (Lipinski definition) is 1. The standard InChI is InChI=1S/C16H26N2O/c1-18(2)11-6-5-10-17-13-14-9-12-19-16-8-4-3-7-15(14)16/h3-4,7-8,14,17H,5-6,9-13H2,1-2H3. The van der Waals surface area contributed by atoms with Gasteiger partial charge in [-0.1, -0.05) is 18.2 Å². The van der Waals surface area contributed by atoms with Gasteiger partial charge in [-0.15, -0.1) is 0 Å². The molecule has 0 aliphatic carbocycles. The van der Waals surface area contributed by atoms with Crippen molar-refractivity contribution in [1.82, 2.24) is 10.2 Å². The Labute approximate surface area is 116 Å². The Kier molecular flexibility index (Phi) is 5.67. The lowest BCUT2D eigenvalue weighted by atomic mass is 9.93. The van der Waals surface area contributed by atoms with E-state index in [2.05, 4.69) is 48.6 Å². The molecule has 0 spiro atoms. The minimum absolute atomic E-state index is 0.610. The summed E-state index contributed by atoms with van der Waals surface area (Å²) in [6.45, 7) is 4.22. The van der Waals surface area contributed by atoms with E-state index in [0.29, 0.717) is 5.92 Å². The first-order chi connectivity index (χ1) is 9.27. The highest BCUT2D eigenvalue weighted by molar-refractivity contribution is 5.37. The van der Waals surface area contributed by atoms with Crippen molar-refractivity contribution < 1.29 is 4.74 Å². The molecule has 1 aromatic rings. The molecule has 1 aromatic carbocycles. The van der Waals surface area contributed by atoms with Crippen molar-refractivity contribution in [2.75, 3.05) is 40.3 Å². The molecule has 0 fully saturated rings. The fourth-order valence-electron chi connectivity index (χ4n) is 2.58. The van der Waals surface area contributed by atoms with E-state index in [-0.39, 0.29) is 0 Å². The lowest BCUT2D eigenvalue weighted by Gasteiger charge is -2.26. The Morgan fingerprint density at radius 2 is 2.11 bits per heavy atom. The van der Waals surface area contributed by atoms with Crippen LogP contribution in [0.3, 0.4) is 0 Å². The molecule has 106 valence electrons. The molecule has 1 heterocycles. The third-order valence-electron chi connectivity index (χ3n) is 3.68. The molecular formula is C16H26N2O. The molecule has 19 heavy (non-hydrogen) atoms. The molecule has 1 aliphatic rings. The summed E-state index contributed by atoms with van der Waals surface area (Å²) in [6.07, 6.45) is 3.65. The van der Waals surface area contributed by atoms with Crippen molar-refractivity contribution in [3.63, 3.8) is 0 Å². The molecule has 0 radical (unpaired) electrons. The maximum atomic E-state index is 5.69. The van der Waals surface area contributed by atoms with Gasteiger partial charge in [-0.05, 0) is 58.1 Å². The Bertz CT molecular complexity index is 379. The normalized spacial score (nSPS) is 18.2. The number of nitrogens with one attached hydrogen (secondary N) is 1. The van der Waals surface area contributed by atoms with Crippen LogP contribution < -0.4 is 10.1 Å². The summed E-state index contributed by atoms with van der Waals surface area (Å²) in [5.41, 5.74) is 1.37. The van der Waals surface area contributed by atoms with Crippen molar-refractivity contribution in [3.05, 3.63) is 29.8 Å². The van der Waals surface area contributed by atoms with Crippen LogP contribution in [0.4, 0.5) is 0 Å². The van der Waals surface area contributed by atoms with E-state index >= 15 is 0 Å². The lowest BCUT2D eigenvalue weighted by Crippen LogP contribution is -2.27. The topological polar surface area (TPSA) is 24.5 Å². The summed E-state index contributed by atoms with van der Waals surface area (Å²) in [7, 11) is 4.26. The SMILES string of the molecule is CN(C)CCCCNCC1CCOc2ccccc21. The van der Waals surface area contributed by atoms with Gasteiger partial charge < -0.3 is 15.0 Å². The molecule has 0 amide bonds. The number of nitrogens with zero attached hydrogens (tertiary/aromatic N) is 1. The van der Waals surface area contributed by atoms with Crippen molar-refractivity contribution in [2.24, 2.45) is 0 Å². The second kappa shape index (κ2) is 7.51. The van der Waals surface area contributed by atoms with Crippen LogP contribution in [0, 0.1) is 0 Å². The Hall–Kier alpha value is -1.06. The zero-order valence-corrected chi connectivity index (χ0v) is 12.2. The van der Waals surface area contributed by atoms with Gasteiger partial charge >= 0.3 is 0 Å². The first-order valence-electron chi connectivity index (χ1n) is 7.34. The molecule has 0 saturated heterocycles. The van der Waals surface area contributed by atoms with Crippen molar-refractivity contribution in [2.45, 2.75) is 25.2 Å². The second-order valence-electron chi connectivity index (χ2n) is 5.59. The van der Waals surface area contributed by atoms with Gasteiger partial charge in [0.15, 0.2) is 0 Å². The van der Waals surface area contributed by atoms with Gasteiger partial charge in [0, 0.05) is 12.5 Å². The van der Waals surface area contributed by atoms with Crippen molar-refractivity contribution >= 4 is 0 Å². The molecule has 2 rings (SSSR count). The van der Waals surface area contributed by atoms with Crippen molar-refractivity contribution in [3.8, 4) is 5.75 Å². The summed E-state index contributed by atoms with van der Waals surface area (Å²) in [5.74, 6) is 1.69. The summed E-state index contributed by atoms with van der Waals surface area (Å²) in [4.78, 5) is 2.24. The van der Waals surface area contributed by atoms with E-state index in [4.69, 9.17) is 4.74 Å². The second-order valence-corrected chi connectivity index (χ2v) is 5.59. The van der Waals surface area contributed by atoms with Gasteiger partial charge in [0.05, 0.1) is 6.61 Å². The molecule has 0 saturated carbocycles. The van der Waals surface area contributed by atoms with Crippen LogP contribution in [-0.2, 0) is 0 Å². The molecule has 1 atom stereocenters. The van der Waals surface area contributed by atoms with Crippen LogP contribution in [0.25, 0.3) is 0 Å². The van der Waals surface area contributed by atoms with Gasteiger partial charge in [0.25, 0.3) is 0 Å². The Morgan fingerprint density at radius 1 is 1.26 bits per heavy atom. The van der Waals surface area contributed by atoms with E-state index in [1.165, 1.54) is 24.9 Å². The van der Waals surface area contributed by atoms with Crippen LogP contribution in [-0.4, -0.2) is 45.2 Å². The van der Waals surface area contributed by atoms with Gasteiger partial charge in [-0.25, -0.2) is 0 Å². The first kappa shape index (κ1) is 14.4. The monoisotopic (exact) mass is 262 g/mol. The third kappa shape index (κ3) is 4.51. The third-order valence-corrected chi connectivity index (χ3v) is 3.68. The number of hydrogen-bond acceptors (Lipinski definition) is 3. The van der Waals surface area contributed by atoms with E-state index in [9.17, 15) is 0 Å². The number of benzene rings is 1. The fourth-order valence-corrected chi connectivity index (χ4v) is 2.58. The van der Waals surface area contributed by atoms with Crippen LogP contribution in [0.1, 0.15) is 30.7 Å². The molecule has 0 bridgehead atoms. The summed E-state index contributed by atoms with van der Waals surface area (Å²) in [5, 5.41) is 3.60. The fraction of sp³-hybridized carbons (Fsp3) is 0.625. The summed E-state index contributed by atoms with van der Waals surface area (Å²) in [6, 6.07) is 8.44. The number of para-hydroxylation sites is 1. The zero-order valence-electron chi connectivity index (χ0n) is 12.2. The van der Waals surface area contributed by atoms with Gasteiger partial charge in [0.1, 0.15) is 5.75 Å². The van der Waals surface area contributed by atoms with E-state index < -0.39 is 0 Å². The minimum Gasteiger partial charge on any atom is -0.493 e. The molecular weight excluding hydrogens is 236 g/mol. The zero-order chi connectivity index (χ0) is 13.5. The minimum atomic E-state index is 0.610. The van der Waals surface area contributed by atoms with Crippen molar-refractivity contribution in [1.29, 1.82) is 0 Å². The number of fused-ring (bicyclic) bond motifs is 1. The number of rotatable bonds is 7. The Morgan fingerprint density at radius 3 is 2.95 bits per heavy atom. The molecule has 3 heteroatoms. The van der Waals surface area contributed by atoms with E-state index in [0.717, 1.165) is 31.9 Å². The highest BCUT2D eigenvalue weighted by Gasteiger charge is 2.20. The molecule has 1 N–H and O–H groups in total. The van der Waals surface area contributed by atoms with Gasteiger partial charge in [0.2, 0.25) is 0 Å². The molecule has 0 aromatic heterocycles. The summed E-state index contributed by atoms with van der Waals surface area (Å²) >= 11 is 0. The first-order valence-corrected chi connectivity index (χ1v) is 7.34. The number of unbranched alkanes of at least 4 members (excludes halogenated alkanes) is 1. The highest BCUT2D eigenvalue weighted by Crippen LogP contribution is 2.32. The number of ether oxygens (including phenoxy) is 1. The largest absolute Gasteiger partial charge is 0.493 e. The lowest BCUT2D eigenvalue weighted by molar-refractivity contribution is 0.264. The predicted octanol–water partition coefficient (Wildman–Crippen LogP) is 2.48. The summed E-state index contributed by atoms with van der Waals surface area (Å²) < 4.78 is 5.69. The van der Waals surface area contributed by atoms with Crippen LogP contribution in [0.15, 0.2) is 24.3 Å². The highest BCUT2D eigenvalue weighted by atomic mass is 16.5. The average Bonchev–Trinajstić information content (AvgIpc) is 2.42. The predicted molar refractivity (Wildman–Crippen MR) is 80.0 cm³/mol. The van der Waals surface area contributed by atoms with E-state index in [1.807, 2.05) is 0 Å². The van der Waals surface area contributed by atoms with Gasteiger partial charge in [-0.3, -0.25) is 0 Å². The molecule has 1 aliphatic heterocycles. The maximum Gasteiger partial charge on any atom is 0.122 e. The van der Waals surface area contributed by atoms with Crippen LogP contribution in [0.5, 0.6) is 5.75 Å². The van der Waals surface area contributed by atoms with Gasteiger partial charge in [-0.2, -0.15) is 0 Å². The quantitative estimate of drug-likeness (QED) is 0.764. The molecule has 3 nitrogen and oxygen atoms in total. The van der Waals surface area contributed by atoms with Crippen LogP contribution in [0.2, 0.25) is 0 Å². The smallest absolute Gasteiger partial charge is 0.122 e.